The van der Waals surface area contributed by atoms with Gasteiger partial charge in [0, 0.05) is 12.5 Å². The van der Waals surface area contributed by atoms with Gasteiger partial charge in [-0.2, -0.15) is 0 Å². The molecule has 1 rings (SSSR count). The van der Waals surface area contributed by atoms with Gasteiger partial charge in [0.1, 0.15) is 11.5 Å². The van der Waals surface area contributed by atoms with Crippen molar-refractivity contribution in [3.63, 3.8) is 0 Å². The minimum Gasteiger partial charge on any atom is -0.508 e. The van der Waals surface area contributed by atoms with Crippen molar-refractivity contribution in [1.82, 2.24) is 0 Å². The van der Waals surface area contributed by atoms with Crippen molar-refractivity contribution in [2.24, 2.45) is 0 Å². The molecule has 1 aromatic rings. The number of aliphatic hydroxyl groups is 1. The quantitative estimate of drug-likeness (QED) is 0.801. The highest BCUT2D eigenvalue weighted by molar-refractivity contribution is 5.36. The van der Waals surface area contributed by atoms with E-state index in [1.54, 1.807) is 26.0 Å². The monoisotopic (exact) mass is 210 g/mol. The van der Waals surface area contributed by atoms with Gasteiger partial charge in [-0.1, -0.05) is 0 Å². The zero-order valence-corrected chi connectivity index (χ0v) is 9.45. The zero-order valence-electron chi connectivity index (χ0n) is 9.45. The van der Waals surface area contributed by atoms with E-state index < -0.39 is 5.60 Å². The first-order valence-corrected chi connectivity index (χ1v) is 5.03. The molecule has 0 saturated carbocycles. The van der Waals surface area contributed by atoms with E-state index in [4.69, 9.17) is 4.74 Å². The normalized spacial score (nSPS) is 11.5. The summed E-state index contributed by atoms with van der Waals surface area (Å²) in [5.41, 5.74) is 0.236. The highest BCUT2D eigenvalue weighted by Crippen LogP contribution is 2.21. The van der Waals surface area contributed by atoms with Crippen molar-refractivity contribution in [3.05, 3.63) is 23.8 Å². The minimum atomic E-state index is -0.716. The molecule has 0 saturated heterocycles. The van der Waals surface area contributed by atoms with Crippen LogP contribution in [0.5, 0.6) is 11.5 Å². The molecule has 84 valence electrons. The topological polar surface area (TPSA) is 49.7 Å². The molecule has 15 heavy (non-hydrogen) atoms. The maximum atomic E-state index is 9.48. The average Bonchev–Trinajstić information content (AvgIpc) is 1.99. The zero-order chi connectivity index (χ0) is 11.5. The molecule has 0 aliphatic carbocycles. The van der Waals surface area contributed by atoms with Gasteiger partial charge in [0.05, 0.1) is 12.2 Å². The van der Waals surface area contributed by atoms with Gasteiger partial charge in [-0.25, -0.2) is 0 Å². The van der Waals surface area contributed by atoms with Gasteiger partial charge in [0.2, 0.25) is 0 Å². The number of aryl methyl sites for hydroxylation is 1. The van der Waals surface area contributed by atoms with Crippen LogP contribution >= 0.6 is 0 Å². The van der Waals surface area contributed by atoms with Gasteiger partial charge in [0.25, 0.3) is 0 Å². The third kappa shape index (κ3) is 4.70. The Balaban J connectivity index is 2.51. The van der Waals surface area contributed by atoms with E-state index in [0.29, 0.717) is 18.8 Å². The first kappa shape index (κ1) is 11.9. The largest absolute Gasteiger partial charge is 0.508 e. The van der Waals surface area contributed by atoms with Crippen LogP contribution in [0, 0.1) is 6.92 Å². The molecule has 0 aromatic heterocycles. The van der Waals surface area contributed by atoms with Crippen LogP contribution in [0.1, 0.15) is 25.8 Å². The number of phenols is 1. The smallest absolute Gasteiger partial charge is 0.123 e. The van der Waals surface area contributed by atoms with Crippen molar-refractivity contribution in [2.75, 3.05) is 6.61 Å². The van der Waals surface area contributed by atoms with Crippen LogP contribution in [0.4, 0.5) is 0 Å². The van der Waals surface area contributed by atoms with Crippen molar-refractivity contribution in [2.45, 2.75) is 32.8 Å². The summed E-state index contributed by atoms with van der Waals surface area (Å²) in [5, 5.41) is 18.8. The second-order valence-electron chi connectivity index (χ2n) is 4.42. The van der Waals surface area contributed by atoms with Gasteiger partial charge in [-0.3, -0.25) is 0 Å². The molecule has 0 radical (unpaired) electrons. The highest BCUT2D eigenvalue weighted by Gasteiger charge is 2.12. The van der Waals surface area contributed by atoms with Crippen LogP contribution in [-0.4, -0.2) is 22.4 Å². The number of aromatic hydroxyl groups is 1. The Kier molecular flexibility index (Phi) is 3.58. The van der Waals surface area contributed by atoms with E-state index in [1.165, 1.54) is 0 Å². The maximum Gasteiger partial charge on any atom is 0.123 e. The fourth-order valence-corrected chi connectivity index (χ4v) is 1.23. The number of rotatable bonds is 4. The molecule has 0 amide bonds. The molecule has 0 aliphatic heterocycles. The molecule has 2 N–H and O–H groups in total. The summed E-state index contributed by atoms with van der Waals surface area (Å²) < 4.78 is 5.42. The van der Waals surface area contributed by atoms with Crippen molar-refractivity contribution in [1.29, 1.82) is 0 Å². The van der Waals surface area contributed by atoms with Crippen LogP contribution in [0.25, 0.3) is 0 Å². The van der Waals surface area contributed by atoms with E-state index in [2.05, 4.69) is 0 Å². The Hall–Kier alpha value is -1.22. The Bertz CT molecular complexity index is 306. The molecule has 0 bridgehead atoms. The summed E-state index contributed by atoms with van der Waals surface area (Å²) in [4.78, 5) is 0. The molecule has 0 heterocycles. The Morgan fingerprint density at radius 3 is 2.47 bits per heavy atom. The van der Waals surface area contributed by atoms with Gasteiger partial charge < -0.3 is 14.9 Å². The average molecular weight is 210 g/mol. The first-order valence-electron chi connectivity index (χ1n) is 5.03. The van der Waals surface area contributed by atoms with Crippen LogP contribution in [-0.2, 0) is 0 Å². The van der Waals surface area contributed by atoms with E-state index in [9.17, 15) is 10.2 Å². The number of hydrogen-bond acceptors (Lipinski definition) is 3. The second-order valence-corrected chi connectivity index (χ2v) is 4.42. The summed E-state index contributed by atoms with van der Waals surface area (Å²) in [7, 11) is 0. The van der Waals surface area contributed by atoms with E-state index in [1.807, 2.05) is 13.0 Å². The predicted molar refractivity (Wildman–Crippen MR) is 59.3 cm³/mol. The lowest BCUT2D eigenvalue weighted by molar-refractivity contribution is 0.0553. The third-order valence-corrected chi connectivity index (χ3v) is 2.02. The first-order chi connectivity index (χ1) is 6.87. The van der Waals surface area contributed by atoms with Crippen LogP contribution in [0.15, 0.2) is 18.2 Å². The highest BCUT2D eigenvalue weighted by atomic mass is 16.5. The molecule has 0 spiro atoms. The maximum absolute atomic E-state index is 9.48. The van der Waals surface area contributed by atoms with E-state index >= 15 is 0 Å². The fraction of sp³-hybridized carbons (Fsp3) is 0.500. The van der Waals surface area contributed by atoms with Crippen molar-refractivity contribution >= 4 is 0 Å². The molecule has 3 heteroatoms. The Morgan fingerprint density at radius 1 is 1.27 bits per heavy atom. The molecular weight excluding hydrogens is 192 g/mol. The van der Waals surface area contributed by atoms with Gasteiger partial charge in [-0.05, 0) is 38.5 Å². The summed E-state index contributed by atoms with van der Waals surface area (Å²) >= 11 is 0. The predicted octanol–water partition coefficient (Wildman–Crippen LogP) is 2.24. The SMILES string of the molecule is Cc1cc(O)cc(OCCC(C)(C)O)c1. The third-order valence-electron chi connectivity index (χ3n) is 2.02. The van der Waals surface area contributed by atoms with Crippen LogP contribution in [0.3, 0.4) is 0 Å². The molecule has 1 aromatic carbocycles. The number of hydrogen-bond donors (Lipinski definition) is 2. The standard InChI is InChI=1S/C12H18O3/c1-9-6-10(13)8-11(7-9)15-5-4-12(2,3)14/h6-8,13-14H,4-5H2,1-3H3. The van der Waals surface area contributed by atoms with Crippen molar-refractivity contribution < 1.29 is 14.9 Å². The van der Waals surface area contributed by atoms with E-state index in [-0.39, 0.29) is 5.75 Å². The van der Waals surface area contributed by atoms with E-state index in [0.717, 1.165) is 5.56 Å². The lowest BCUT2D eigenvalue weighted by Gasteiger charge is -2.17. The number of benzene rings is 1. The molecule has 0 fully saturated rings. The fourth-order valence-electron chi connectivity index (χ4n) is 1.23. The van der Waals surface area contributed by atoms with Crippen LogP contribution in [0.2, 0.25) is 0 Å². The molecule has 0 unspecified atom stereocenters. The number of phenolic OH excluding ortho intramolecular Hbond substituents is 1. The summed E-state index contributed by atoms with van der Waals surface area (Å²) in [6, 6.07) is 5.09. The summed E-state index contributed by atoms with van der Waals surface area (Å²) in [6.07, 6.45) is 0.557. The Morgan fingerprint density at radius 2 is 1.93 bits per heavy atom. The Labute approximate surface area is 90.3 Å². The molecule has 3 nitrogen and oxygen atoms in total. The van der Waals surface area contributed by atoms with Crippen molar-refractivity contribution in [3.8, 4) is 11.5 Å². The lowest BCUT2D eigenvalue weighted by Crippen LogP contribution is -2.21. The molecular formula is C12H18O3. The minimum absolute atomic E-state index is 0.202. The van der Waals surface area contributed by atoms with Gasteiger partial charge >= 0.3 is 0 Å². The summed E-state index contributed by atoms with van der Waals surface area (Å²) in [6.45, 7) is 5.81. The number of ether oxygens (including phenoxy) is 1. The van der Waals surface area contributed by atoms with Gasteiger partial charge in [-0.15, -0.1) is 0 Å². The van der Waals surface area contributed by atoms with Crippen LogP contribution < -0.4 is 4.74 Å². The molecule has 0 aliphatic rings. The summed E-state index contributed by atoms with van der Waals surface area (Å²) in [5.74, 6) is 0.838. The molecule has 0 atom stereocenters. The van der Waals surface area contributed by atoms with Gasteiger partial charge in [0.15, 0.2) is 0 Å². The second kappa shape index (κ2) is 4.53. The lowest BCUT2D eigenvalue weighted by atomic mass is 10.1.